The molecule has 0 bridgehead atoms. The lowest BCUT2D eigenvalue weighted by atomic mass is 9.69. The molecule has 7 rings (SSSR count). The van der Waals surface area contributed by atoms with Crippen molar-refractivity contribution in [3.8, 4) is 5.75 Å². The zero-order chi connectivity index (χ0) is 30.0. The van der Waals surface area contributed by atoms with Crippen molar-refractivity contribution in [2.45, 2.75) is 37.5 Å². The standard InChI is InChI=1S/C38H39N3O3/c42-31-17-19-33-29(26-31)14-18-32(27-8-2-1-3-9-27)36(33)28-12-15-30(16-13-28)40-24-22-39(23-25-40)20-6-7-21-41-37(43)34-10-4-5-11-35(34)38(41)44/h1-5,8-13,15-17,19,26,32,36,42H,6-7,14,18,20-25H2. The molecule has 6 heteroatoms. The summed E-state index contributed by atoms with van der Waals surface area (Å²) in [7, 11) is 0. The number of hydrogen-bond donors (Lipinski definition) is 1. The fourth-order valence-electron chi connectivity index (χ4n) is 7.45. The van der Waals surface area contributed by atoms with Gasteiger partial charge in [-0.1, -0.05) is 60.7 Å². The number of phenols is 1. The lowest BCUT2D eigenvalue weighted by Gasteiger charge is -2.37. The smallest absolute Gasteiger partial charge is 0.261 e. The molecule has 2 atom stereocenters. The highest BCUT2D eigenvalue weighted by Crippen LogP contribution is 2.47. The van der Waals surface area contributed by atoms with Crippen molar-refractivity contribution in [2.24, 2.45) is 0 Å². The lowest BCUT2D eigenvalue weighted by Crippen LogP contribution is -2.46. The highest BCUT2D eigenvalue weighted by Gasteiger charge is 2.35. The van der Waals surface area contributed by atoms with Gasteiger partial charge >= 0.3 is 0 Å². The fourth-order valence-corrected chi connectivity index (χ4v) is 7.45. The molecule has 1 aliphatic carbocycles. The summed E-state index contributed by atoms with van der Waals surface area (Å²) in [5, 5.41) is 10.1. The number of aryl methyl sites for hydroxylation is 1. The van der Waals surface area contributed by atoms with Crippen molar-refractivity contribution in [3.63, 3.8) is 0 Å². The largest absolute Gasteiger partial charge is 0.508 e. The average Bonchev–Trinajstić information content (AvgIpc) is 3.31. The number of carbonyl (C=O) groups is 2. The number of rotatable bonds is 8. The Morgan fingerprint density at radius 1 is 0.682 bits per heavy atom. The molecule has 0 radical (unpaired) electrons. The van der Waals surface area contributed by atoms with Gasteiger partial charge in [0.05, 0.1) is 11.1 Å². The van der Waals surface area contributed by atoms with Crippen LogP contribution in [-0.4, -0.2) is 66.0 Å². The van der Waals surface area contributed by atoms with Gasteiger partial charge in [0, 0.05) is 44.3 Å². The minimum absolute atomic E-state index is 0.159. The first kappa shape index (κ1) is 28.4. The normalized spacial score (nSPS) is 20.1. The monoisotopic (exact) mass is 585 g/mol. The van der Waals surface area contributed by atoms with Crippen LogP contribution in [0.1, 0.15) is 74.1 Å². The quantitative estimate of drug-likeness (QED) is 0.190. The summed E-state index contributed by atoms with van der Waals surface area (Å²) in [5.74, 6) is 0.686. The Kier molecular flexibility index (Phi) is 7.92. The van der Waals surface area contributed by atoms with E-state index in [0.717, 1.165) is 58.4 Å². The van der Waals surface area contributed by atoms with E-state index in [1.54, 1.807) is 12.1 Å². The van der Waals surface area contributed by atoms with Gasteiger partial charge in [0.2, 0.25) is 0 Å². The van der Waals surface area contributed by atoms with Crippen molar-refractivity contribution in [1.82, 2.24) is 9.80 Å². The maximum Gasteiger partial charge on any atom is 0.261 e. The van der Waals surface area contributed by atoms with Gasteiger partial charge in [0.25, 0.3) is 11.8 Å². The van der Waals surface area contributed by atoms with E-state index in [2.05, 4.69) is 70.5 Å². The van der Waals surface area contributed by atoms with E-state index in [1.807, 2.05) is 24.3 Å². The summed E-state index contributed by atoms with van der Waals surface area (Å²) in [4.78, 5) is 31.6. The van der Waals surface area contributed by atoms with Crippen molar-refractivity contribution in [2.75, 3.05) is 44.2 Å². The minimum atomic E-state index is -0.159. The highest BCUT2D eigenvalue weighted by atomic mass is 16.3. The Morgan fingerprint density at radius 2 is 1.34 bits per heavy atom. The van der Waals surface area contributed by atoms with Crippen molar-refractivity contribution < 1.29 is 14.7 Å². The molecule has 1 N–H and O–H groups in total. The zero-order valence-electron chi connectivity index (χ0n) is 25.1. The Labute approximate surface area is 259 Å². The van der Waals surface area contributed by atoms with Crippen molar-refractivity contribution >= 4 is 17.5 Å². The number of hydrogen-bond acceptors (Lipinski definition) is 5. The molecule has 4 aromatic rings. The number of carbonyl (C=O) groups excluding carboxylic acids is 2. The van der Waals surface area contributed by atoms with Gasteiger partial charge in [-0.15, -0.1) is 0 Å². The van der Waals surface area contributed by atoms with Crippen LogP contribution in [0, 0.1) is 0 Å². The number of nitrogens with zero attached hydrogens (tertiary/aromatic N) is 3. The molecule has 0 spiro atoms. The number of fused-ring (bicyclic) bond motifs is 2. The second kappa shape index (κ2) is 12.3. The summed E-state index contributed by atoms with van der Waals surface area (Å²) >= 11 is 0. The predicted octanol–water partition coefficient (Wildman–Crippen LogP) is 6.45. The molecular weight excluding hydrogens is 546 g/mol. The average molecular weight is 586 g/mol. The molecule has 0 aromatic heterocycles. The van der Waals surface area contributed by atoms with Gasteiger partial charge in [-0.2, -0.15) is 0 Å². The van der Waals surface area contributed by atoms with E-state index in [1.165, 1.54) is 32.8 Å². The van der Waals surface area contributed by atoms with Crippen LogP contribution in [0.15, 0.2) is 97.1 Å². The van der Waals surface area contributed by atoms with E-state index >= 15 is 0 Å². The number of imide groups is 1. The summed E-state index contributed by atoms with van der Waals surface area (Å²) in [5.41, 5.74) is 7.60. The third-order valence-electron chi connectivity index (χ3n) is 9.79. The summed E-state index contributed by atoms with van der Waals surface area (Å²) in [6, 6.07) is 33.0. The van der Waals surface area contributed by atoms with Crippen molar-refractivity contribution in [3.05, 3.63) is 130 Å². The lowest BCUT2D eigenvalue weighted by molar-refractivity contribution is 0.0650. The number of phenolic OH excluding ortho intramolecular Hbond substituents is 1. The molecule has 224 valence electrons. The molecule has 1 fully saturated rings. The van der Waals surface area contributed by atoms with Gasteiger partial charge < -0.3 is 10.0 Å². The minimum Gasteiger partial charge on any atom is -0.508 e. The number of amides is 2. The summed E-state index contributed by atoms with van der Waals surface area (Å²) in [6.07, 6.45) is 3.82. The van der Waals surface area contributed by atoms with Gasteiger partial charge in [0.1, 0.15) is 5.75 Å². The van der Waals surface area contributed by atoms with E-state index in [9.17, 15) is 14.7 Å². The van der Waals surface area contributed by atoms with Crippen LogP contribution in [0.4, 0.5) is 5.69 Å². The van der Waals surface area contributed by atoms with Crippen LogP contribution >= 0.6 is 0 Å². The molecule has 3 aliphatic rings. The molecule has 6 nitrogen and oxygen atoms in total. The first-order valence-corrected chi connectivity index (χ1v) is 16.0. The van der Waals surface area contributed by atoms with Crippen LogP contribution < -0.4 is 4.90 Å². The van der Waals surface area contributed by atoms with Gasteiger partial charge in [-0.25, -0.2) is 0 Å². The first-order chi connectivity index (χ1) is 21.6. The molecule has 44 heavy (non-hydrogen) atoms. The number of piperazine rings is 1. The van der Waals surface area contributed by atoms with Crippen LogP contribution in [0.3, 0.4) is 0 Å². The highest BCUT2D eigenvalue weighted by molar-refractivity contribution is 6.21. The Hall–Kier alpha value is -4.42. The third-order valence-corrected chi connectivity index (χ3v) is 9.79. The molecule has 2 unspecified atom stereocenters. The van der Waals surface area contributed by atoms with E-state index < -0.39 is 0 Å². The Morgan fingerprint density at radius 3 is 2.05 bits per heavy atom. The van der Waals surface area contributed by atoms with Crippen LogP contribution in [0.2, 0.25) is 0 Å². The number of benzene rings is 4. The summed E-state index contributed by atoms with van der Waals surface area (Å²) in [6.45, 7) is 5.43. The van der Waals surface area contributed by atoms with E-state index in [-0.39, 0.29) is 17.7 Å². The Bertz CT molecular complexity index is 1610. The molecule has 4 aromatic carbocycles. The number of anilines is 1. The third kappa shape index (κ3) is 5.50. The first-order valence-electron chi connectivity index (χ1n) is 16.0. The fraction of sp³-hybridized carbons (Fsp3) is 0.316. The Balaban J connectivity index is 0.948. The second-order valence-electron chi connectivity index (χ2n) is 12.4. The van der Waals surface area contributed by atoms with Crippen LogP contribution in [0.25, 0.3) is 0 Å². The molecular formula is C38H39N3O3. The SMILES string of the molecule is O=C1c2ccccc2C(=O)N1CCCCN1CCN(c2ccc(C3c4ccc(O)cc4CCC3c3ccccc3)cc2)CC1. The molecule has 0 saturated carbocycles. The molecule has 2 amide bonds. The van der Waals surface area contributed by atoms with E-state index in [4.69, 9.17) is 0 Å². The zero-order valence-corrected chi connectivity index (χ0v) is 25.1. The molecule has 2 aliphatic heterocycles. The van der Waals surface area contributed by atoms with Crippen LogP contribution in [0.5, 0.6) is 5.75 Å². The predicted molar refractivity (Wildman–Crippen MR) is 174 cm³/mol. The van der Waals surface area contributed by atoms with E-state index in [0.29, 0.717) is 29.3 Å². The molecule has 2 heterocycles. The summed E-state index contributed by atoms with van der Waals surface area (Å²) < 4.78 is 0. The maximum absolute atomic E-state index is 12.6. The van der Waals surface area contributed by atoms with Gasteiger partial charge in [-0.3, -0.25) is 19.4 Å². The second-order valence-corrected chi connectivity index (χ2v) is 12.4. The maximum atomic E-state index is 12.6. The van der Waals surface area contributed by atoms with Crippen molar-refractivity contribution in [1.29, 1.82) is 0 Å². The van der Waals surface area contributed by atoms with Gasteiger partial charge in [-0.05, 0) is 96.8 Å². The molecule has 1 saturated heterocycles. The van der Waals surface area contributed by atoms with Gasteiger partial charge in [0.15, 0.2) is 0 Å². The number of aromatic hydroxyl groups is 1. The van der Waals surface area contributed by atoms with Crippen LogP contribution in [-0.2, 0) is 6.42 Å². The topological polar surface area (TPSA) is 64.1 Å². The number of unbranched alkanes of at least 4 members (excludes halogenated alkanes) is 1.